The van der Waals surface area contributed by atoms with Gasteiger partial charge in [-0.05, 0) is 66.7 Å². The molecule has 4 aromatic rings. The lowest BCUT2D eigenvalue weighted by molar-refractivity contribution is 0.102. The number of benzene rings is 3. The standard InChI is InChI=1S/C23H16ClNO4/c1-28-18-9-4-14(5-10-18)22-13-20(26)19-12-17(8-11-21(19)29-22)25-23(27)15-2-6-16(24)7-3-15/h2-13H,1H3,(H,25,27). The van der Waals surface area contributed by atoms with Crippen LogP contribution in [0.2, 0.25) is 5.02 Å². The van der Waals surface area contributed by atoms with Gasteiger partial charge in [0.1, 0.15) is 17.1 Å². The number of rotatable bonds is 4. The van der Waals surface area contributed by atoms with Gasteiger partial charge in [0.25, 0.3) is 5.91 Å². The Morgan fingerprint density at radius 2 is 1.69 bits per heavy atom. The Morgan fingerprint density at radius 3 is 2.38 bits per heavy atom. The van der Waals surface area contributed by atoms with E-state index < -0.39 is 0 Å². The largest absolute Gasteiger partial charge is 0.497 e. The molecular weight excluding hydrogens is 390 g/mol. The van der Waals surface area contributed by atoms with E-state index in [0.29, 0.717) is 33.0 Å². The minimum Gasteiger partial charge on any atom is -0.497 e. The minimum absolute atomic E-state index is 0.195. The van der Waals surface area contributed by atoms with E-state index in [4.69, 9.17) is 20.8 Å². The molecule has 6 heteroatoms. The Kier molecular flexibility index (Phi) is 5.06. The zero-order valence-electron chi connectivity index (χ0n) is 15.4. The summed E-state index contributed by atoms with van der Waals surface area (Å²) in [5, 5.41) is 3.72. The quantitative estimate of drug-likeness (QED) is 0.495. The summed E-state index contributed by atoms with van der Waals surface area (Å²) in [6.45, 7) is 0. The topological polar surface area (TPSA) is 68.5 Å². The summed E-state index contributed by atoms with van der Waals surface area (Å²) in [6, 6.07) is 20.2. The third kappa shape index (κ3) is 4.00. The Labute approximate surface area is 171 Å². The predicted octanol–water partition coefficient (Wildman–Crippen LogP) is 5.37. The van der Waals surface area contributed by atoms with Gasteiger partial charge >= 0.3 is 0 Å². The van der Waals surface area contributed by atoms with E-state index in [1.807, 2.05) is 12.1 Å². The summed E-state index contributed by atoms with van der Waals surface area (Å²) < 4.78 is 11.0. The molecule has 0 aliphatic carbocycles. The molecule has 29 heavy (non-hydrogen) atoms. The molecule has 0 saturated heterocycles. The van der Waals surface area contributed by atoms with Crippen LogP contribution in [-0.4, -0.2) is 13.0 Å². The zero-order valence-corrected chi connectivity index (χ0v) is 16.2. The third-order valence-electron chi connectivity index (χ3n) is 4.47. The highest BCUT2D eigenvalue weighted by atomic mass is 35.5. The Bertz CT molecular complexity index is 1240. The second-order valence-electron chi connectivity index (χ2n) is 6.38. The second kappa shape index (κ2) is 7.81. The Morgan fingerprint density at radius 1 is 0.966 bits per heavy atom. The summed E-state index contributed by atoms with van der Waals surface area (Å²) in [7, 11) is 1.59. The van der Waals surface area contributed by atoms with E-state index in [1.165, 1.54) is 6.07 Å². The maximum atomic E-state index is 12.6. The first kappa shape index (κ1) is 18.8. The highest BCUT2D eigenvalue weighted by molar-refractivity contribution is 6.30. The number of hydrogen-bond donors (Lipinski definition) is 1. The van der Waals surface area contributed by atoms with Crippen molar-refractivity contribution in [2.24, 2.45) is 0 Å². The van der Waals surface area contributed by atoms with Crippen LogP contribution in [0.4, 0.5) is 5.69 Å². The van der Waals surface area contributed by atoms with Crippen LogP contribution in [-0.2, 0) is 0 Å². The van der Waals surface area contributed by atoms with Crippen LogP contribution in [0.1, 0.15) is 10.4 Å². The molecule has 1 amide bonds. The smallest absolute Gasteiger partial charge is 0.255 e. The molecule has 0 aliphatic rings. The van der Waals surface area contributed by atoms with Crippen LogP contribution in [0.25, 0.3) is 22.3 Å². The van der Waals surface area contributed by atoms with Crippen molar-refractivity contribution >= 4 is 34.2 Å². The van der Waals surface area contributed by atoms with Crippen LogP contribution in [0.3, 0.4) is 0 Å². The van der Waals surface area contributed by atoms with Gasteiger partial charge < -0.3 is 14.5 Å². The van der Waals surface area contributed by atoms with E-state index in [1.54, 1.807) is 61.7 Å². The van der Waals surface area contributed by atoms with Crippen LogP contribution in [0.15, 0.2) is 82.0 Å². The minimum atomic E-state index is -0.291. The summed E-state index contributed by atoms with van der Waals surface area (Å²) in [4.78, 5) is 25.0. The van der Waals surface area contributed by atoms with E-state index in [0.717, 1.165) is 11.3 Å². The first-order valence-electron chi connectivity index (χ1n) is 8.83. The second-order valence-corrected chi connectivity index (χ2v) is 6.81. The van der Waals surface area contributed by atoms with Crippen molar-refractivity contribution in [3.63, 3.8) is 0 Å². The number of hydrogen-bond acceptors (Lipinski definition) is 4. The van der Waals surface area contributed by atoms with Crippen LogP contribution in [0, 0.1) is 0 Å². The first-order chi connectivity index (χ1) is 14.0. The molecule has 5 nitrogen and oxygen atoms in total. The molecular formula is C23H16ClNO4. The molecule has 0 unspecified atom stereocenters. The van der Waals surface area contributed by atoms with Gasteiger partial charge in [-0.3, -0.25) is 9.59 Å². The van der Waals surface area contributed by atoms with Crippen molar-refractivity contribution in [3.8, 4) is 17.1 Å². The summed E-state index contributed by atoms with van der Waals surface area (Å²) in [5.41, 5.74) is 1.98. The Hall–Kier alpha value is -3.57. The van der Waals surface area contributed by atoms with Gasteiger partial charge in [-0.1, -0.05) is 11.6 Å². The molecule has 3 aromatic carbocycles. The molecule has 1 N–H and O–H groups in total. The zero-order chi connectivity index (χ0) is 20.4. The molecule has 0 bridgehead atoms. The maximum absolute atomic E-state index is 12.6. The van der Waals surface area contributed by atoms with Gasteiger partial charge in [-0.15, -0.1) is 0 Å². The lowest BCUT2D eigenvalue weighted by atomic mass is 10.1. The van der Waals surface area contributed by atoms with Crippen LogP contribution >= 0.6 is 11.6 Å². The average molecular weight is 406 g/mol. The average Bonchev–Trinajstić information content (AvgIpc) is 2.74. The number of methoxy groups -OCH3 is 1. The number of carbonyl (C=O) groups excluding carboxylic acids is 1. The highest BCUT2D eigenvalue weighted by Crippen LogP contribution is 2.25. The summed E-state index contributed by atoms with van der Waals surface area (Å²) in [5.74, 6) is 0.890. The lowest BCUT2D eigenvalue weighted by Crippen LogP contribution is -2.12. The molecule has 4 rings (SSSR count). The van der Waals surface area contributed by atoms with Crippen molar-refractivity contribution in [3.05, 3.63) is 93.6 Å². The van der Waals surface area contributed by atoms with Crippen molar-refractivity contribution in [2.75, 3.05) is 12.4 Å². The van der Waals surface area contributed by atoms with Gasteiger partial charge in [0.05, 0.1) is 12.5 Å². The normalized spacial score (nSPS) is 10.7. The van der Waals surface area contributed by atoms with Gasteiger partial charge in [0, 0.05) is 27.9 Å². The summed E-state index contributed by atoms with van der Waals surface area (Å²) >= 11 is 5.85. The molecule has 0 fully saturated rings. The lowest BCUT2D eigenvalue weighted by Gasteiger charge is -2.08. The SMILES string of the molecule is COc1ccc(-c2cc(=O)c3cc(NC(=O)c4ccc(Cl)cc4)ccc3o2)cc1. The third-order valence-corrected chi connectivity index (χ3v) is 4.72. The van der Waals surface area contributed by atoms with Crippen LogP contribution in [0.5, 0.6) is 5.75 Å². The molecule has 0 radical (unpaired) electrons. The number of fused-ring (bicyclic) bond motifs is 1. The van der Waals surface area contributed by atoms with E-state index in [9.17, 15) is 9.59 Å². The molecule has 0 spiro atoms. The van der Waals surface area contributed by atoms with E-state index in [-0.39, 0.29) is 11.3 Å². The monoisotopic (exact) mass is 405 g/mol. The first-order valence-corrected chi connectivity index (χ1v) is 9.20. The maximum Gasteiger partial charge on any atom is 0.255 e. The van der Waals surface area contributed by atoms with Gasteiger partial charge in [0.2, 0.25) is 0 Å². The molecule has 0 atom stereocenters. The molecule has 0 aliphatic heterocycles. The number of ether oxygens (including phenoxy) is 1. The predicted molar refractivity (Wildman–Crippen MR) is 114 cm³/mol. The highest BCUT2D eigenvalue weighted by Gasteiger charge is 2.10. The van der Waals surface area contributed by atoms with Gasteiger partial charge in [0.15, 0.2) is 5.43 Å². The number of anilines is 1. The number of amides is 1. The van der Waals surface area contributed by atoms with Crippen molar-refractivity contribution in [1.82, 2.24) is 0 Å². The summed E-state index contributed by atoms with van der Waals surface area (Å²) in [6.07, 6.45) is 0. The van der Waals surface area contributed by atoms with E-state index in [2.05, 4.69) is 5.32 Å². The molecule has 144 valence electrons. The molecule has 0 saturated carbocycles. The van der Waals surface area contributed by atoms with E-state index >= 15 is 0 Å². The fraction of sp³-hybridized carbons (Fsp3) is 0.0435. The van der Waals surface area contributed by atoms with Crippen molar-refractivity contribution in [2.45, 2.75) is 0 Å². The fourth-order valence-corrected chi connectivity index (χ4v) is 3.06. The van der Waals surface area contributed by atoms with Crippen molar-refractivity contribution in [1.29, 1.82) is 0 Å². The molecule has 1 heterocycles. The fourth-order valence-electron chi connectivity index (χ4n) is 2.94. The number of nitrogens with one attached hydrogen (secondary N) is 1. The van der Waals surface area contributed by atoms with Gasteiger partial charge in [-0.25, -0.2) is 0 Å². The Balaban J connectivity index is 1.64. The molecule has 1 aromatic heterocycles. The van der Waals surface area contributed by atoms with Gasteiger partial charge in [-0.2, -0.15) is 0 Å². The van der Waals surface area contributed by atoms with Crippen molar-refractivity contribution < 1.29 is 13.9 Å². The number of halogens is 1. The number of carbonyl (C=O) groups is 1. The van der Waals surface area contributed by atoms with Crippen LogP contribution < -0.4 is 15.5 Å².